The van der Waals surface area contributed by atoms with Gasteiger partial charge in [0.2, 0.25) is 0 Å². The van der Waals surface area contributed by atoms with Gasteiger partial charge in [0, 0.05) is 10.8 Å². The minimum atomic E-state index is -1.86. The lowest BCUT2D eigenvalue weighted by molar-refractivity contribution is 0.218. The zero-order valence-electron chi connectivity index (χ0n) is 7.16. The number of aromatic nitrogens is 2. The summed E-state index contributed by atoms with van der Waals surface area (Å²) >= 11 is 3.27. The normalized spacial score (nSPS) is 12.1. The predicted molar refractivity (Wildman–Crippen MR) is 59.2 cm³/mol. The molecule has 0 aliphatic heterocycles. The van der Waals surface area contributed by atoms with E-state index in [-0.39, 0.29) is 0 Å². The summed E-state index contributed by atoms with van der Waals surface area (Å²) in [4.78, 5) is 0. The Labute approximate surface area is 91.8 Å². The average molecular weight is 247 g/mol. The molecule has 0 aliphatic carbocycles. The van der Waals surface area contributed by atoms with Crippen LogP contribution in [0.25, 0.3) is 10.9 Å². The topological polar surface area (TPSA) is 48.9 Å². The fourth-order valence-corrected chi connectivity index (χ4v) is 1.87. The van der Waals surface area contributed by atoms with Gasteiger partial charge in [-0.15, -0.1) is 0 Å². The molecule has 1 aromatic heterocycles. The highest BCUT2D eigenvalue weighted by molar-refractivity contribution is 9.10. The van der Waals surface area contributed by atoms with Crippen LogP contribution in [0, 0.1) is 0 Å². The van der Waals surface area contributed by atoms with Crippen LogP contribution in [0.3, 0.4) is 0 Å². The Kier molecular flexibility index (Phi) is 2.20. The van der Waals surface area contributed by atoms with E-state index in [1.807, 2.05) is 0 Å². The fourth-order valence-electron chi connectivity index (χ4n) is 1.36. The summed E-state index contributed by atoms with van der Waals surface area (Å²) in [5.41, 5.74) is 1.12. The Morgan fingerprint density at radius 2 is 2.14 bits per heavy atom. The van der Waals surface area contributed by atoms with Gasteiger partial charge in [0.05, 0.1) is 5.52 Å². The highest BCUT2D eigenvalue weighted by Crippen LogP contribution is 2.29. The summed E-state index contributed by atoms with van der Waals surface area (Å²) in [6.45, 7) is 0. The molecule has 0 saturated heterocycles. The van der Waals surface area contributed by atoms with Crippen molar-refractivity contribution in [3.8, 4) is 0 Å². The van der Waals surface area contributed by atoms with Gasteiger partial charge in [-0.2, -0.15) is 5.10 Å². The zero-order valence-corrected chi connectivity index (χ0v) is 8.75. The summed E-state index contributed by atoms with van der Waals surface area (Å²) < 4.78 is 0.650. The molecule has 0 bridgehead atoms. The third-order valence-corrected chi connectivity index (χ3v) is 2.54. The van der Waals surface area contributed by atoms with Crippen molar-refractivity contribution in [2.75, 3.05) is 0 Å². The highest BCUT2D eigenvalue weighted by Gasteiger charge is 2.20. The number of aliphatic hydroxyl groups is 1. The molecule has 14 heavy (non-hydrogen) atoms. The van der Waals surface area contributed by atoms with Gasteiger partial charge in [0.15, 0.2) is 0 Å². The lowest BCUT2D eigenvalue weighted by atomic mass is 9.61. The molecule has 1 heterocycles. The number of hydrogen-bond donors (Lipinski definition) is 2. The van der Waals surface area contributed by atoms with Crippen LogP contribution in [-0.2, 0) is 5.40 Å². The maximum Gasteiger partial charge on any atom is 0.109 e. The Morgan fingerprint density at radius 1 is 1.43 bits per heavy atom. The molecule has 1 aromatic carbocycles. The van der Waals surface area contributed by atoms with E-state index in [0.717, 1.165) is 0 Å². The third-order valence-electron chi connectivity index (χ3n) is 1.97. The van der Waals surface area contributed by atoms with Crippen LogP contribution >= 0.6 is 15.9 Å². The van der Waals surface area contributed by atoms with Crippen molar-refractivity contribution in [2.45, 2.75) is 5.40 Å². The predicted octanol–water partition coefficient (Wildman–Crippen LogP) is 0.765. The van der Waals surface area contributed by atoms with Gasteiger partial charge in [-0.25, -0.2) is 0 Å². The minimum Gasteiger partial charge on any atom is -0.405 e. The van der Waals surface area contributed by atoms with E-state index in [4.69, 9.17) is 15.7 Å². The number of rotatable bonds is 1. The molecule has 2 N–H and O–H groups in total. The largest absolute Gasteiger partial charge is 0.405 e. The minimum absolute atomic E-state index is 0.427. The molecule has 6 heteroatoms. The van der Waals surface area contributed by atoms with Crippen LogP contribution in [0.4, 0.5) is 0 Å². The van der Waals surface area contributed by atoms with Crippen molar-refractivity contribution in [2.24, 2.45) is 0 Å². The number of hydrogen-bond acceptors (Lipinski definition) is 2. The molecule has 0 atom stereocenters. The second kappa shape index (κ2) is 3.14. The Hall–Kier alpha value is -0.740. The van der Waals surface area contributed by atoms with E-state index in [9.17, 15) is 5.11 Å². The van der Waals surface area contributed by atoms with E-state index < -0.39 is 5.40 Å². The number of aromatic amines is 1. The van der Waals surface area contributed by atoms with Crippen LogP contribution in [0.1, 0.15) is 5.56 Å². The summed E-state index contributed by atoms with van der Waals surface area (Å²) in [5.74, 6) is 0. The SMILES string of the molecule is [B]C([B])(O)c1cccc2n[nH]c(Br)c12. The van der Waals surface area contributed by atoms with Gasteiger partial charge in [-0.3, -0.25) is 5.10 Å². The number of fused-ring (bicyclic) bond motifs is 1. The Balaban J connectivity index is 2.82. The number of benzene rings is 1. The van der Waals surface area contributed by atoms with E-state index in [2.05, 4.69) is 26.1 Å². The van der Waals surface area contributed by atoms with E-state index in [0.29, 0.717) is 21.1 Å². The zero-order chi connectivity index (χ0) is 10.3. The first kappa shape index (κ1) is 9.80. The van der Waals surface area contributed by atoms with Gasteiger partial charge in [0.1, 0.15) is 20.3 Å². The molecule has 66 valence electrons. The van der Waals surface area contributed by atoms with Crippen LogP contribution in [-0.4, -0.2) is 31.0 Å². The molecule has 0 amide bonds. The molecule has 4 radical (unpaired) electrons. The first-order chi connectivity index (χ1) is 6.50. The summed E-state index contributed by atoms with van der Waals surface area (Å²) in [5, 5.41) is 15.1. The summed E-state index contributed by atoms with van der Waals surface area (Å²) in [6.07, 6.45) is 0. The van der Waals surface area contributed by atoms with Crippen molar-refractivity contribution < 1.29 is 5.11 Å². The van der Waals surface area contributed by atoms with Gasteiger partial charge < -0.3 is 5.11 Å². The second-order valence-electron chi connectivity index (χ2n) is 3.06. The van der Waals surface area contributed by atoms with Crippen molar-refractivity contribution >= 4 is 42.5 Å². The van der Waals surface area contributed by atoms with Crippen LogP contribution in [0.15, 0.2) is 22.8 Å². The maximum absolute atomic E-state index is 9.52. The van der Waals surface area contributed by atoms with Gasteiger partial charge in [-0.1, -0.05) is 12.1 Å². The number of halogens is 1. The molecule has 0 fully saturated rings. The van der Waals surface area contributed by atoms with Gasteiger partial charge >= 0.3 is 0 Å². The molecule has 3 nitrogen and oxygen atoms in total. The molecule has 0 aliphatic rings. The highest BCUT2D eigenvalue weighted by atomic mass is 79.9. The van der Waals surface area contributed by atoms with Crippen molar-refractivity contribution in [3.63, 3.8) is 0 Å². The number of nitrogens with one attached hydrogen (secondary N) is 1. The standard InChI is InChI=1S/C8H5B2BrN2O/c9-8(10,14)4-2-1-3-5-6(4)7(11)13-12-5/h1-3,14H,(H,12,13). The van der Waals surface area contributed by atoms with Crippen LogP contribution in [0.5, 0.6) is 0 Å². The first-order valence-corrected chi connectivity index (χ1v) is 4.72. The third kappa shape index (κ3) is 1.48. The van der Waals surface area contributed by atoms with Crippen LogP contribution in [0.2, 0.25) is 0 Å². The lowest BCUT2D eigenvalue weighted by Gasteiger charge is -2.19. The number of nitrogens with zero attached hydrogens (tertiary/aromatic N) is 1. The maximum atomic E-state index is 9.52. The van der Waals surface area contributed by atoms with E-state index in [1.54, 1.807) is 18.2 Å². The quantitative estimate of drug-likeness (QED) is 0.730. The Morgan fingerprint density at radius 3 is 2.79 bits per heavy atom. The Bertz CT molecular complexity index is 478. The molecular formula is C8H5B2BrN2O. The van der Waals surface area contributed by atoms with E-state index >= 15 is 0 Å². The second-order valence-corrected chi connectivity index (χ2v) is 3.86. The van der Waals surface area contributed by atoms with Gasteiger partial charge in [-0.05, 0) is 27.6 Å². The smallest absolute Gasteiger partial charge is 0.109 e. The van der Waals surface area contributed by atoms with Crippen molar-refractivity contribution in [1.29, 1.82) is 0 Å². The van der Waals surface area contributed by atoms with E-state index in [1.165, 1.54) is 0 Å². The summed E-state index contributed by atoms with van der Waals surface area (Å²) in [6, 6.07) is 5.18. The van der Waals surface area contributed by atoms with Gasteiger partial charge in [0.25, 0.3) is 0 Å². The number of H-pyrrole nitrogens is 1. The summed E-state index contributed by atoms with van der Waals surface area (Å²) in [7, 11) is 10.8. The molecule has 2 rings (SSSR count). The molecular weight excluding hydrogens is 242 g/mol. The lowest BCUT2D eigenvalue weighted by Crippen LogP contribution is -2.26. The molecule has 0 unspecified atom stereocenters. The fraction of sp³-hybridized carbons (Fsp3) is 0.125. The van der Waals surface area contributed by atoms with Crippen LogP contribution < -0.4 is 0 Å². The monoisotopic (exact) mass is 246 g/mol. The average Bonchev–Trinajstić information content (AvgIpc) is 2.46. The molecule has 0 spiro atoms. The molecule has 2 aromatic rings. The van der Waals surface area contributed by atoms with Crippen molar-refractivity contribution in [3.05, 3.63) is 28.4 Å². The van der Waals surface area contributed by atoms with Crippen molar-refractivity contribution in [1.82, 2.24) is 10.2 Å². The molecule has 0 saturated carbocycles. The first-order valence-electron chi connectivity index (χ1n) is 3.93.